The van der Waals surface area contributed by atoms with E-state index in [1.807, 2.05) is 12.1 Å². The van der Waals surface area contributed by atoms with Gasteiger partial charge in [0.05, 0.1) is 5.54 Å². The summed E-state index contributed by atoms with van der Waals surface area (Å²) in [5.41, 5.74) is 6.81. The van der Waals surface area contributed by atoms with Gasteiger partial charge in [0, 0.05) is 29.6 Å². The normalized spacial score (nSPS) is 26.3. The van der Waals surface area contributed by atoms with Crippen molar-refractivity contribution in [1.29, 1.82) is 0 Å². The first-order valence-corrected chi connectivity index (χ1v) is 8.80. The second-order valence-electron chi connectivity index (χ2n) is 6.46. The van der Waals surface area contributed by atoms with Crippen molar-refractivity contribution in [1.82, 2.24) is 5.32 Å². The van der Waals surface area contributed by atoms with Crippen molar-refractivity contribution in [3.8, 4) is 0 Å². The summed E-state index contributed by atoms with van der Waals surface area (Å²) in [5, 5.41) is 3.34. The van der Waals surface area contributed by atoms with Crippen molar-refractivity contribution in [3.05, 3.63) is 34.3 Å². The van der Waals surface area contributed by atoms with Gasteiger partial charge in [-0.25, -0.2) is 0 Å². The summed E-state index contributed by atoms with van der Waals surface area (Å²) >= 11 is 3.47. The molecular weight excluding hydrogens is 380 g/mol. The fraction of sp³-hybridized carbons (Fsp3) is 0.588. The maximum absolute atomic E-state index is 12.7. The number of rotatable bonds is 3. The highest BCUT2D eigenvalue weighted by Gasteiger charge is 2.38. The lowest BCUT2D eigenvalue weighted by atomic mass is 9.82. The van der Waals surface area contributed by atoms with E-state index >= 15 is 0 Å². The molecule has 2 unspecified atom stereocenters. The quantitative estimate of drug-likeness (QED) is 0.815. The average Bonchev–Trinajstić information content (AvgIpc) is 2.95. The van der Waals surface area contributed by atoms with Gasteiger partial charge in [0.1, 0.15) is 0 Å². The van der Waals surface area contributed by atoms with E-state index in [1.165, 1.54) is 0 Å². The van der Waals surface area contributed by atoms with Crippen LogP contribution in [0.15, 0.2) is 28.7 Å². The summed E-state index contributed by atoms with van der Waals surface area (Å²) in [4.78, 5) is 12.7. The highest BCUT2D eigenvalue weighted by atomic mass is 79.9. The molecule has 1 aliphatic heterocycles. The molecule has 6 heteroatoms. The predicted molar refractivity (Wildman–Crippen MR) is 96.6 cm³/mol. The highest BCUT2D eigenvalue weighted by Crippen LogP contribution is 2.34. The Balaban J connectivity index is 0.00000192. The molecule has 3 rings (SSSR count). The number of hydrogen-bond acceptors (Lipinski definition) is 3. The molecule has 1 aliphatic carbocycles. The molecule has 4 nitrogen and oxygen atoms in total. The summed E-state index contributed by atoms with van der Waals surface area (Å²) in [6.45, 7) is 1.36. The lowest BCUT2D eigenvalue weighted by Gasteiger charge is -2.39. The Kier molecular flexibility index (Phi) is 6.48. The number of ether oxygens (including phenoxy) is 1. The molecule has 1 aromatic carbocycles. The van der Waals surface area contributed by atoms with Gasteiger partial charge in [0.25, 0.3) is 0 Å². The zero-order valence-electron chi connectivity index (χ0n) is 13.1. The molecule has 1 aromatic rings. The minimum absolute atomic E-state index is 0. The second-order valence-corrected chi connectivity index (χ2v) is 7.38. The topological polar surface area (TPSA) is 64.4 Å². The van der Waals surface area contributed by atoms with Crippen LogP contribution in [0.25, 0.3) is 0 Å². The lowest BCUT2D eigenvalue weighted by Crippen LogP contribution is -2.51. The molecule has 2 aliphatic rings. The van der Waals surface area contributed by atoms with E-state index in [4.69, 9.17) is 10.5 Å². The molecule has 23 heavy (non-hydrogen) atoms. The minimum atomic E-state index is -0.303. The molecule has 0 radical (unpaired) electrons. The van der Waals surface area contributed by atoms with Crippen LogP contribution in [0.2, 0.25) is 0 Å². The van der Waals surface area contributed by atoms with Crippen molar-refractivity contribution < 1.29 is 9.53 Å². The van der Waals surface area contributed by atoms with E-state index < -0.39 is 0 Å². The molecule has 0 bridgehead atoms. The van der Waals surface area contributed by atoms with Gasteiger partial charge in [0.15, 0.2) is 0 Å². The van der Waals surface area contributed by atoms with Gasteiger partial charge in [-0.1, -0.05) is 28.1 Å². The molecule has 0 aromatic heterocycles. The smallest absolute Gasteiger partial charge is 0.223 e. The Bertz CT molecular complexity index is 532. The van der Waals surface area contributed by atoms with Crippen LogP contribution in [0.4, 0.5) is 0 Å². The van der Waals surface area contributed by atoms with E-state index in [9.17, 15) is 4.79 Å². The number of benzene rings is 1. The Morgan fingerprint density at radius 2 is 1.87 bits per heavy atom. The summed E-state index contributed by atoms with van der Waals surface area (Å²) < 4.78 is 6.56. The highest BCUT2D eigenvalue weighted by molar-refractivity contribution is 9.10. The van der Waals surface area contributed by atoms with Gasteiger partial charge in [-0.3, -0.25) is 4.79 Å². The SMILES string of the molecule is Cl.NC1CCC(C(=O)NC2(c3ccc(Br)cc3)CCOCC2)C1. The van der Waals surface area contributed by atoms with Crippen LogP contribution in [-0.2, 0) is 15.1 Å². The molecule has 3 N–H and O–H groups in total. The molecule has 1 heterocycles. The third kappa shape index (κ3) is 4.27. The van der Waals surface area contributed by atoms with Crippen LogP contribution in [0, 0.1) is 5.92 Å². The maximum Gasteiger partial charge on any atom is 0.223 e. The van der Waals surface area contributed by atoms with E-state index in [0.29, 0.717) is 13.2 Å². The summed E-state index contributed by atoms with van der Waals surface area (Å²) in [6.07, 6.45) is 4.30. The number of hydrogen-bond donors (Lipinski definition) is 2. The first-order chi connectivity index (χ1) is 10.6. The fourth-order valence-corrected chi connectivity index (χ4v) is 3.83. The van der Waals surface area contributed by atoms with Gasteiger partial charge in [-0.2, -0.15) is 0 Å². The zero-order valence-corrected chi connectivity index (χ0v) is 15.5. The predicted octanol–water partition coefficient (Wildman–Crippen LogP) is 3.12. The molecule has 0 spiro atoms. The third-order valence-electron chi connectivity index (χ3n) is 4.95. The molecule has 2 atom stereocenters. The number of nitrogens with two attached hydrogens (primary N) is 1. The largest absolute Gasteiger partial charge is 0.381 e. The van der Waals surface area contributed by atoms with Crippen LogP contribution >= 0.6 is 28.3 Å². The molecule has 1 saturated carbocycles. The van der Waals surface area contributed by atoms with Gasteiger partial charge in [0.2, 0.25) is 5.91 Å². The Morgan fingerprint density at radius 1 is 1.22 bits per heavy atom. The van der Waals surface area contributed by atoms with Crippen molar-refractivity contribution in [2.24, 2.45) is 11.7 Å². The van der Waals surface area contributed by atoms with Crippen LogP contribution in [0.3, 0.4) is 0 Å². The summed E-state index contributed by atoms with van der Waals surface area (Å²) in [6, 6.07) is 8.43. The van der Waals surface area contributed by atoms with Gasteiger partial charge < -0.3 is 15.8 Å². The Hall–Kier alpha value is -0.620. The van der Waals surface area contributed by atoms with E-state index in [2.05, 4.69) is 33.4 Å². The number of carbonyl (C=O) groups is 1. The molecule has 1 amide bonds. The average molecular weight is 404 g/mol. The summed E-state index contributed by atoms with van der Waals surface area (Å²) in [5.74, 6) is 0.211. The number of halogens is 2. The molecule has 1 saturated heterocycles. The molecule has 128 valence electrons. The third-order valence-corrected chi connectivity index (χ3v) is 5.48. The van der Waals surface area contributed by atoms with Crippen LogP contribution in [0.1, 0.15) is 37.7 Å². The van der Waals surface area contributed by atoms with Crippen molar-refractivity contribution in [2.75, 3.05) is 13.2 Å². The van der Waals surface area contributed by atoms with Gasteiger partial charge >= 0.3 is 0 Å². The van der Waals surface area contributed by atoms with E-state index in [1.54, 1.807) is 0 Å². The molecule has 2 fully saturated rings. The van der Waals surface area contributed by atoms with Crippen molar-refractivity contribution in [3.63, 3.8) is 0 Å². The van der Waals surface area contributed by atoms with Gasteiger partial charge in [-0.05, 0) is 49.8 Å². The van der Waals surface area contributed by atoms with Crippen LogP contribution in [0.5, 0.6) is 0 Å². The maximum atomic E-state index is 12.7. The Morgan fingerprint density at radius 3 is 2.43 bits per heavy atom. The van der Waals surface area contributed by atoms with Crippen molar-refractivity contribution >= 4 is 34.2 Å². The standard InChI is InChI=1S/C17H23BrN2O2.ClH/c18-14-4-2-13(3-5-14)17(7-9-22-10-8-17)20-16(21)12-1-6-15(19)11-12;/h2-5,12,15H,1,6-11,19H2,(H,20,21);1H. The minimum Gasteiger partial charge on any atom is -0.381 e. The number of carbonyl (C=O) groups excluding carboxylic acids is 1. The van der Waals surface area contributed by atoms with Gasteiger partial charge in [-0.15, -0.1) is 12.4 Å². The summed E-state index contributed by atoms with van der Waals surface area (Å²) in [7, 11) is 0. The first kappa shape index (κ1) is 18.7. The monoisotopic (exact) mass is 402 g/mol. The van der Waals surface area contributed by atoms with Crippen LogP contribution < -0.4 is 11.1 Å². The lowest BCUT2D eigenvalue weighted by molar-refractivity contribution is -0.128. The van der Waals surface area contributed by atoms with E-state index in [0.717, 1.165) is 42.1 Å². The van der Waals surface area contributed by atoms with E-state index in [-0.39, 0.29) is 35.8 Å². The second kappa shape index (κ2) is 7.97. The Labute approximate surface area is 152 Å². The fourth-order valence-electron chi connectivity index (χ4n) is 3.57. The number of amides is 1. The zero-order chi connectivity index (χ0) is 15.6. The molecular formula is C17H24BrClN2O2. The van der Waals surface area contributed by atoms with Crippen LogP contribution in [-0.4, -0.2) is 25.2 Å². The number of nitrogens with one attached hydrogen (secondary N) is 1. The first-order valence-electron chi connectivity index (χ1n) is 8.00. The van der Waals surface area contributed by atoms with Crippen molar-refractivity contribution in [2.45, 2.75) is 43.7 Å².